The molecule has 1 amide bonds. The molecule has 1 aromatic rings. The zero-order chi connectivity index (χ0) is 10.0. The highest BCUT2D eigenvalue weighted by Gasteiger charge is 2.17. The molecule has 1 N–H and O–H groups in total. The molecule has 0 aliphatic heterocycles. The zero-order valence-corrected chi connectivity index (χ0v) is 8.89. The summed E-state index contributed by atoms with van der Waals surface area (Å²) in [6.45, 7) is 1.44. The fourth-order valence-electron chi connectivity index (χ4n) is 0.874. The van der Waals surface area contributed by atoms with Gasteiger partial charge in [0, 0.05) is 7.05 Å². The molecule has 72 valence electrons. The number of hydrogen-bond donors (Lipinski definition) is 1. The van der Waals surface area contributed by atoms with Crippen molar-refractivity contribution in [3.05, 3.63) is 16.5 Å². The molecule has 0 saturated heterocycles. The van der Waals surface area contributed by atoms with Gasteiger partial charge in [-0.2, -0.15) is 0 Å². The fourth-order valence-corrected chi connectivity index (χ4v) is 1.87. The molecule has 0 aliphatic carbocycles. The summed E-state index contributed by atoms with van der Waals surface area (Å²) in [4.78, 5) is 12.7. The third-order valence-corrected chi connectivity index (χ3v) is 2.89. The van der Waals surface area contributed by atoms with Crippen LogP contribution < -0.4 is 4.90 Å². The minimum atomic E-state index is -0.981. The summed E-state index contributed by atoms with van der Waals surface area (Å²) in [5.41, 5.74) is 0. The van der Waals surface area contributed by atoms with Crippen LogP contribution in [0.2, 0.25) is 4.34 Å². The number of halogens is 1. The molecule has 0 aromatic carbocycles. The van der Waals surface area contributed by atoms with Crippen LogP contribution in [0.4, 0.5) is 5.00 Å². The first-order chi connectivity index (χ1) is 6.02. The number of hydrogen-bond acceptors (Lipinski definition) is 3. The maximum atomic E-state index is 11.3. The van der Waals surface area contributed by atoms with E-state index in [9.17, 15) is 4.79 Å². The zero-order valence-electron chi connectivity index (χ0n) is 7.32. The van der Waals surface area contributed by atoms with Crippen molar-refractivity contribution in [3.63, 3.8) is 0 Å². The minimum Gasteiger partial charge on any atom is -0.384 e. The van der Waals surface area contributed by atoms with E-state index in [4.69, 9.17) is 16.7 Å². The van der Waals surface area contributed by atoms with Crippen molar-refractivity contribution in [2.24, 2.45) is 0 Å². The summed E-state index contributed by atoms with van der Waals surface area (Å²) < 4.78 is 0.625. The predicted octanol–water partition coefficient (Wildman–Crippen LogP) is 1.75. The van der Waals surface area contributed by atoms with Gasteiger partial charge in [-0.3, -0.25) is 4.79 Å². The normalized spacial score (nSPS) is 12.6. The largest absolute Gasteiger partial charge is 0.384 e. The Morgan fingerprint density at radius 3 is 2.69 bits per heavy atom. The number of thiophene rings is 1. The van der Waals surface area contributed by atoms with E-state index in [-0.39, 0.29) is 5.91 Å². The molecule has 1 rings (SSSR count). The topological polar surface area (TPSA) is 40.5 Å². The van der Waals surface area contributed by atoms with Crippen LogP contribution in [0.15, 0.2) is 12.1 Å². The summed E-state index contributed by atoms with van der Waals surface area (Å²) in [7, 11) is 1.61. The van der Waals surface area contributed by atoms with Gasteiger partial charge in [0.15, 0.2) is 0 Å². The van der Waals surface area contributed by atoms with Crippen LogP contribution in [0.25, 0.3) is 0 Å². The van der Waals surface area contributed by atoms with Gasteiger partial charge < -0.3 is 10.0 Å². The highest BCUT2D eigenvalue weighted by molar-refractivity contribution is 7.20. The molecule has 1 atom stereocenters. The average molecular weight is 220 g/mol. The Hall–Kier alpha value is -0.580. The summed E-state index contributed by atoms with van der Waals surface area (Å²) >= 11 is 7.01. The molecule has 1 unspecified atom stereocenters. The number of amides is 1. The Morgan fingerprint density at radius 2 is 2.31 bits per heavy atom. The first-order valence-corrected chi connectivity index (χ1v) is 4.93. The number of carbonyl (C=O) groups excluding carboxylic acids is 1. The lowest BCUT2D eigenvalue weighted by atomic mass is 10.3. The summed E-state index contributed by atoms with van der Waals surface area (Å²) in [6, 6.07) is 3.46. The molecular formula is C8H10ClNO2S. The van der Waals surface area contributed by atoms with Gasteiger partial charge in [-0.05, 0) is 19.1 Å². The van der Waals surface area contributed by atoms with Gasteiger partial charge in [0.1, 0.15) is 6.10 Å². The molecule has 1 aromatic heterocycles. The number of anilines is 1. The Morgan fingerprint density at radius 1 is 1.69 bits per heavy atom. The first kappa shape index (κ1) is 10.5. The highest BCUT2D eigenvalue weighted by atomic mass is 35.5. The summed E-state index contributed by atoms with van der Waals surface area (Å²) in [5, 5.41) is 9.77. The lowest BCUT2D eigenvalue weighted by Gasteiger charge is -2.16. The van der Waals surface area contributed by atoms with Crippen molar-refractivity contribution < 1.29 is 9.90 Å². The van der Waals surface area contributed by atoms with E-state index in [2.05, 4.69) is 0 Å². The number of aliphatic hydroxyl groups excluding tert-OH is 1. The second kappa shape index (κ2) is 4.09. The van der Waals surface area contributed by atoms with Gasteiger partial charge in [-0.1, -0.05) is 11.6 Å². The molecule has 0 bridgehead atoms. The van der Waals surface area contributed by atoms with E-state index >= 15 is 0 Å². The van der Waals surface area contributed by atoms with E-state index in [1.54, 1.807) is 19.2 Å². The van der Waals surface area contributed by atoms with Gasteiger partial charge in [-0.25, -0.2) is 0 Å². The molecular weight excluding hydrogens is 210 g/mol. The van der Waals surface area contributed by atoms with Gasteiger partial charge >= 0.3 is 0 Å². The van der Waals surface area contributed by atoms with Crippen molar-refractivity contribution in [2.45, 2.75) is 13.0 Å². The van der Waals surface area contributed by atoms with E-state index in [1.807, 2.05) is 0 Å². The molecule has 0 spiro atoms. The van der Waals surface area contributed by atoms with Crippen molar-refractivity contribution >= 4 is 33.8 Å². The standard InChI is InChI=1S/C8H10ClNO2S/c1-5(11)8(12)10(2)7-4-3-6(9)13-7/h3-5,11H,1-2H3. The molecule has 0 fully saturated rings. The van der Waals surface area contributed by atoms with E-state index in [1.165, 1.54) is 23.2 Å². The van der Waals surface area contributed by atoms with Crippen LogP contribution in [-0.4, -0.2) is 24.2 Å². The maximum absolute atomic E-state index is 11.3. The Labute approximate surface area is 85.6 Å². The van der Waals surface area contributed by atoms with Crippen LogP contribution in [0.1, 0.15) is 6.92 Å². The predicted molar refractivity (Wildman–Crippen MR) is 54.4 cm³/mol. The number of nitrogens with zero attached hydrogens (tertiary/aromatic N) is 1. The number of carbonyl (C=O) groups is 1. The molecule has 3 nitrogen and oxygen atoms in total. The van der Waals surface area contributed by atoms with Crippen molar-refractivity contribution in [1.29, 1.82) is 0 Å². The highest BCUT2D eigenvalue weighted by Crippen LogP contribution is 2.28. The molecule has 0 radical (unpaired) electrons. The summed E-state index contributed by atoms with van der Waals surface area (Å²) in [5.74, 6) is -0.335. The quantitative estimate of drug-likeness (QED) is 0.823. The molecule has 0 saturated carbocycles. The third kappa shape index (κ3) is 2.43. The number of likely N-dealkylation sites (N-methyl/N-ethyl adjacent to an activating group) is 1. The van der Waals surface area contributed by atoms with Crippen LogP contribution in [0.5, 0.6) is 0 Å². The first-order valence-electron chi connectivity index (χ1n) is 3.73. The van der Waals surface area contributed by atoms with Gasteiger partial charge in [0.25, 0.3) is 5.91 Å². The average Bonchev–Trinajstić information content (AvgIpc) is 2.49. The van der Waals surface area contributed by atoms with Gasteiger partial charge in [0.05, 0.1) is 9.34 Å². The lowest BCUT2D eigenvalue weighted by Crippen LogP contribution is -2.33. The van der Waals surface area contributed by atoms with Crippen molar-refractivity contribution in [1.82, 2.24) is 0 Å². The van der Waals surface area contributed by atoms with E-state index in [0.29, 0.717) is 4.34 Å². The second-order valence-corrected chi connectivity index (χ2v) is 4.34. The van der Waals surface area contributed by atoms with Crippen LogP contribution in [0, 0.1) is 0 Å². The molecule has 13 heavy (non-hydrogen) atoms. The second-order valence-electron chi connectivity index (χ2n) is 2.65. The van der Waals surface area contributed by atoms with Crippen molar-refractivity contribution in [3.8, 4) is 0 Å². The smallest absolute Gasteiger partial charge is 0.255 e. The molecule has 0 aliphatic rings. The lowest BCUT2D eigenvalue weighted by molar-refractivity contribution is -0.125. The monoisotopic (exact) mass is 219 g/mol. The molecule has 1 heterocycles. The summed E-state index contributed by atoms with van der Waals surface area (Å²) in [6.07, 6.45) is -0.981. The fraction of sp³-hybridized carbons (Fsp3) is 0.375. The van der Waals surface area contributed by atoms with E-state index < -0.39 is 6.10 Å². The van der Waals surface area contributed by atoms with E-state index in [0.717, 1.165) is 5.00 Å². The van der Waals surface area contributed by atoms with Crippen LogP contribution in [-0.2, 0) is 4.79 Å². The minimum absolute atomic E-state index is 0.335. The Kier molecular flexibility index (Phi) is 3.30. The number of aliphatic hydroxyl groups is 1. The Bertz CT molecular complexity index is 311. The third-order valence-electron chi connectivity index (χ3n) is 1.58. The number of rotatable bonds is 2. The van der Waals surface area contributed by atoms with Crippen molar-refractivity contribution in [2.75, 3.05) is 11.9 Å². The van der Waals surface area contributed by atoms with Gasteiger partial charge in [0.2, 0.25) is 0 Å². The van der Waals surface area contributed by atoms with Crippen LogP contribution in [0.3, 0.4) is 0 Å². The maximum Gasteiger partial charge on any atom is 0.255 e. The Balaban J connectivity index is 2.79. The van der Waals surface area contributed by atoms with Gasteiger partial charge in [-0.15, -0.1) is 11.3 Å². The van der Waals surface area contributed by atoms with Crippen LogP contribution >= 0.6 is 22.9 Å². The SMILES string of the molecule is CC(O)C(=O)N(C)c1ccc(Cl)s1. The molecule has 5 heteroatoms.